The molecule has 1 saturated heterocycles. The third-order valence-electron chi connectivity index (χ3n) is 4.42. The van der Waals surface area contributed by atoms with Crippen LogP contribution in [0.1, 0.15) is 18.2 Å². The number of fused-ring (bicyclic) bond motifs is 1. The van der Waals surface area contributed by atoms with Crippen LogP contribution >= 0.6 is 23.1 Å². The lowest BCUT2D eigenvalue weighted by molar-refractivity contribution is -0.150. The Kier molecular flexibility index (Phi) is 5.94. The van der Waals surface area contributed by atoms with Crippen molar-refractivity contribution >= 4 is 46.9 Å². The first kappa shape index (κ1) is 20.2. The molecule has 4 amide bonds. The fourth-order valence-corrected chi connectivity index (χ4v) is 5.27. The Bertz CT molecular complexity index is 839. The van der Waals surface area contributed by atoms with Crippen molar-refractivity contribution in [3.63, 3.8) is 0 Å². The quantitative estimate of drug-likeness (QED) is 0.554. The van der Waals surface area contributed by atoms with Gasteiger partial charge in [-0.2, -0.15) is 0 Å². The van der Waals surface area contributed by atoms with Crippen LogP contribution in [0.15, 0.2) is 28.9 Å². The van der Waals surface area contributed by atoms with E-state index >= 15 is 0 Å². The molecule has 9 nitrogen and oxygen atoms in total. The zero-order valence-corrected chi connectivity index (χ0v) is 16.7. The predicted molar refractivity (Wildman–Crippen MR) is 104 cm³/mol. The topological polar surface area (TPSA) is 133 Å². The number of hydrogen-bond acceptors (Lipinski definition) is 6. The minimum Gasteiger partial charge on any atom is -0.477 e. The van der Waals surface area contributed by atoms with Gasteiger partial charge in [0, 0.05) is 17.2 Å². The average Bonchev–Trinajstić information content (AvgIpc) is 3.15. The number of carbonyl (C=O) groups excluding carboxylic acids is 3. The number of rotatable bonds is 7. The van der Waals surface area contributed by atoms with Crippen LogP contribution in [0.25, 0.3) is 0 Å². The zero-order chi connectivity index (χ0) is 20.4. The van der Waals surface area contributed by atoms with Gasteiger partial charge in [0.2, 0.25) is 5.91 Å². The summed E-state index contributed by atoms with van der Waals surface area (Å²) in [7, 11) is 0. The van der Waals surface area contributed by atoms with E-state index in [0.717, 1.165) is 9.78 Å². The maximum atomic E-state index is 12.6. The van der Waals surface area contributed by atoms with E-state index in [0.29, 0.717) is 6.42 Å². The molecule has 0 radical (unpaired) electrons. The number of β-lactam (4-membered cyclic amide) rings is 1. The number of nitrogens with zero attached hydrogens (tertiary/aromatic N) is 2. The van der Waals surface area contributed by atoms with E-state index in [1.165, 1.54) is 28.0 Å². The molecule has 2 atom stereocenters. The number of urea groups is 1. The summed E-state index contributed by atoms with van der Waals surface area (Å²) in [6.07, 6.45) is 0.750. The normalized spacial score (nSPS) is 21.0. The highest BCUT2D eigenvalue weighted by atomic mass is 32.2. The standard InChI is InChI=1S/C17H20N4O5S2/c1-2-5-20(17(18)26)10-8-28-15-12(14(23)21(15)13(10)16(24)25)19-11(22)7-9-4-3-6-27-9/h3-4,6,12,15H,2,5,7-8H2,1H3,(H2,18,26)(H,19,22)(H,24,25)/t12?,15-/m1/s1. The van der Waals surface area contributed by atoms with E-state index in [4.69, 9.17) is 5.73 Å². The molecule has 3 heterocycles. The third-order valence-corrected chi connectivity index (χ3v) is 6.56. The maximum absolute atomic E-state index is 12.6. The van der Waals surface area contributed by atoms with Gasteiger partial charge in [-0.1, -0.05) is 13.0 Å². The van der Waals surface area contributed by atoms with E-state index in [9.17, 15) is 24.3 Å². The van der Waals surface area contributed by atoms with Gasteiger partial charge in [-0.3, -0.25) is 19.4 Å². The molecule has 3 rings (SSSR count). The summed E-state index contributed by atoms with van der Waals surface area (Å²) in [5.74, 6) is -1.90. The number of thiophene rings is 1. The van der Waals surface area contributed by atoms with Gasteiger partial charge in [-0.05, 0) is 17.9 Å². The number of primary amides is 1. The van der Waals surface area contributed by atoms with Gasteiger partial charge in [0.05, 0.1) is 12.1 Å². The number of carboxylic acid groups (broad SMARTS) is 1. The molecule has 0 aromatic carbocycles. The number of carboxylic acids is 1. The molecule has 1 fully saturated rings. The molecule has 4 N–H and O–H groups in total. The van der Waals surface area contributed by atoms with Crippen molar-refractivity contribution in [3.05, 3.63) is 33.8 Å². The molecule has 28 heavy (non-hydrogen) atoms. The number of thioether (sulfide) groups is 1. The van der Waals surface area contributed by atoms with Crippen LogP contribution in [-0.4, -0.2) is 62.4 Å². The van der Waals surface area contributed by atoms with Gasteiger partial charge < -0.3 is 16.2 Å². The molecular formula is C17H20N4O5S2. The number of hydrogen-bond donors (Lipinski definition) is 3. The van der Waals surface area contributed by atoms with Crippen molar-refractivity contribution in [2.24, 2.45) is 5.73 Å². The lowest BCUT2D eigenvalue weighted by Gasteiger charge is -2.50. The molecular weight excluding hydrogens is 404 g/mol. The van der Waals surface area contributed by atoms with E-state index in [2.05, 4.69) is 5.32 Å². The van der Waals surface area contributed by atoms with Gasteiger partial charge >= 0.3 is 12.0 Å². The summed E-state index contributed by atoms with van der Waals surface area (Å²) in [6.45, 7) is 2.10. The van der Waals surface area contributed by atoms with Gasteiger partial charge in [-0.25, -0.2) is 9.59 Å². The Morgan fingerprint density at radius 3 is 2.75 bits per heavy atom. The first-order chi connectivity index (χ1) is 13.3. The monoisotopic (exact) mass is 424 g/mol. The van der Waals surface area contributed by atoms with Crippen molar-refractivity contribution in [2.75, 3.05) is 12.3 Å². The Hall–Kier alpha value is -2.53. The molecule has 150 valence electrons. The van der Waals surface area contributed by atoms with Crippen molar-refractivity contribution in [1.29, 1.82) is 0 Å². The summed E-state index contributed by atoms with van der Waals surface area (Å²) >= 11 is 2.74. The molecule has 11 heteroatoms. The Morgan fingerprint density at radius 2 is 2.18 bits per heavy atom. The van der Waals surface area contributed by atoms with Crippen LogP contribution < -0.4 is 11.1 Å². The van der Waals surface area contributed by atoms with Crippen LogP contribution in [0.5, 0.6) is 0 Å². The molecule has 1 aromatic heterocycles. The van der Waals surface area contributed by atoms with Crippen LogP contribution in [0.4, 0.5) is 4.79 Å². The van der Waals surface area contributed by atoms with Gasteiger partial charge in [0.1, 0.15) is 11.4 Å². The zero-order valence-electron chi connectivity index (χ0n) is 15.1. The smallest absolute Gasteiger partial charge is 0.354 e. The van der Waals surface area contributed by atoms with E-state index in [1.54, 1.807) is 0 Å². The van der Waals surface area contributed by atoms with Crippen LogP contribution in [0.3, 0.4) is 0 Å². The van der Waals surface area contributed by atoms with Crippen molar-refractivity contribution in [1.82, 2.24) is 15.1 Å². The molecule has 0 spiro atoms. The summed E-state index contributed by atoms with van der Waals surface area (Å²) in [4.78, 5) is 51.6. The fourth-order valence-electron chi connectivity index (χ4n) is 3.21. The van der Waals surface area contributed by atoms with Crippen molar-refractivity contribution in [2.45, 2.75) is 31.2 Å². The summed E-state index contributed by atoms with van der Waals surface area (Å²) in [5.41, 5.74) is 5.36. The fraction of sp³-hybridized carbons (Fsp3) is 0.412. The third kappa shape index (κ3) is 3.72. The van der Waals surface area contributed by atoms with Gasteiger partial charge in [-0.15, -0.1) is 23.1 Å². The highest BCUT2D eigenvalue weighted by molar-refractivity contribution is 8.00. The summed E-state index contributed by atoms with van der Waals surface area (Å²) in [6, 6.07) is 2.12. The second-order valence-electron chi connectivity index (χ2n) is 6.30. The van der Waals surface area contributed by atoms with Crippen molar-refractivity contribution < 1.29 is 24.3 Å². The van der Waals surface area contributed by atoms with Crippen LogP contribution in [-0.2, 0) is 20.8 Å². The van der Waals surface area contributed by atoms with Crippen molar-refractivity contribution in [3.8, 4) is 0 Å². The molecule has 0 aliphatic carbocycles. The Balaban J connectivity index is 1.78. The molecule has 1 aromatic rings. The molecule has 0 saturated carbocycles. The molecule has 1 unspecified atom stereocenters. The maximum Gasteiger partial charge on any atom is 0.354 e. The Labute approximate surface area is 169 Å². The Morgan fingerprint density at radius 1 is 1.43 bits per heavy atom. The van der Waals surface area contributed by atoms with Gasteiger partial charge in [0.15, 0.2) is 5.70 Å². The molecule has 0 bridgehead atoms. The number of amides is 4. The largest absolute Gasteiger partial charge is 0.477 e. The predicted octanol–water partition coefficient (Wildman–Crippen LogP) is 0.777. The number of carbonyl (C=O) groups is 4. The second kappa shape index (κ2) is 8.23. The highest BCUT2D eigenvalue weighted by Gasteiger charge is 2.55. The second-order valence-corrected chi connectivity index (χ2v) is 8.44. The van der Waals surface area contributed by atoms with E-state index in [1.807, 2.05) is 24.4 Å². The molecule has 2 aliphatic heterocycles. The highest BCUT2D eigenvalue weighted by Crippen LogP contribution is 2.41. The van der Waals surface area contributed by atoms with E-state index < -0.39 is 29.3 Å². The van der Waals surface area contributed by atoms with Crippen LogP contribution in [0, 0.1) is 0 Å². The molecule has 2 aliphatic rings. The summed E-state index contributed by atoms with van der Waals surface area (Å²) < 4.78 is 0. The number of nitrogens with one attached hydrogen (secondary N) is 1. The lowest BCUT2D eigenvalue weighted by Crippen LogP contribution is -2.71. The minimum atomic E-state index is -1.31. The first-order valence-electron chi connectivity index (χ1n) is 8.65. The minimum absolute atomic E-state index is 0.164. The lowest BCUT2D eigenvalue weighted by atomic mass is 10.0. The summed E-state index contributed by atoms with van der Waals surface area (Å²) in [5, 5.41) is 13.7. The number of nitrogens with two attached hydrogens (primary N) is 1. The first-order valence-corrected chi connectivity index (χ1v) is 10.6. The SMILES string of the molecule is CCCN(C(N)=O)C1=C(C(=O)O)N2C(=O)C(NC(=O)Cc3cccs3)[C@H]2SC1. The number of aliphatic carboxylic acids is 1. The average molecular weight is 425 g/mol. The van der Waals surface area contributed by atoms with Crippen LogP contribution in [0.2, 0.25) is 0 Å². The van der Waals surface area contributed by atoms with E-state index in [-0.39, 0.29) is 36.0 Å². The van der Waals surface area contributed by atoms with Gasteiger partial charge in [0.25, 0.3) is 5.91 Å².